The van der Waals surface area contributed by atoms with Gasteiger partial charge in [0, 0.05) is 54.7 Å². The smallest absolute Gasteiger partial charge is 0.263 e. The summed E-state index contributed by atoms with van der Waals surface area (Å²) in [5.41, 5.74) is 4.78. The van der Waals surface area contributed by atoms with Gasteiger partial charge in [0.2, 0.25) is 11.4 Å². The number of rotatable bonds is 12. The number of anilines is 1. The summed E-state index contributed by atoms with van der Waals surface area (Å²) in [7, 11) is 3.33. The lowest BCUT2D eigenvalue weighted by atomic mass is 9.75. The van der Waals surface area contributed by atoms with Gasteiger partial charge in [-0.1, -0.05) is 55.6 Å². The number of thiazole rings is 1. The van der Waals surface area contributed by atoms with Crippen LogP contribution in [0.2, 0.25) is 0 Å². The van der Waals surface area contributed by atoms with Gasteiger partial charge in [-0.2, -0.15) is 4.57 Å². The Hall–Kier alpha value is -3.99. The van der Waals surface area contributed by atoms with Crippen LogP contribution in [0.1, 0.15) is 45.0 Å². The molecule has 8 nitrogen and oxygen atoms in total. The molecule has 0 saturated heterocycles. The van der Waals surface area contributed by atoms with Crippen molar-refractivity contribution in [1.82, 2.24) is 5.32 Å². The van der Waals surface area contributed by atoms with Crippen molar-refractivity contribution in [3.8, 4) is 11.5 Å². The fourth-order valence-corrected chi connectivity index (χ4v) is 7.52. The van der Waals surface area contributed by atoms with Gasteiger partial charge in [0.15, 0.2) is 12.3 Å². The SMILES string of the molecule is CCN1/C(=C/C=C/C=C/C2=CC(=C/c3sc4ccc(SOC)cc4[n+]3CCCNC(=O)[O-])/CC(C)(C)C2)Oc2ccc(OC)cc21. The van der Waals surface area contributed by atoms with Crippen LogP contribution in [0.3, 0.4) is 0 Å². The van der Waals surface area contributed by atoms with Crippen molar-refractivity contribution in [1.29, 1.82) is 0 Å². The fourth-order valence-electron chi connectivity index (χ4n) is 5.90. The van der Waals surface area contributed by atoms with Crippen LogP contribution in [0.15, 0.2) is 94.8 Å². The number of aryl methyl sites for hydroxylation is 1. The minimum Gasteiger partial charge on any atom is -0.530 e. The van der Waals surface area contributed by atoms with E-state index in [0.29, 0.717) is 19.5 Å². The zero-order chi connectivity index (χ0) is 32.7. The molecule has 1 amide bonds. The first kappa shape index (κ1) is 33.4. The molecule has 2 heterocycles. The first-order chi connectivity index (χ1) is 22.2. The summed E-state index contributed by atoms with van der Waals surface area (Å²) in [4.78, 5) is 14.0. The lowest BCUT2D eigenvalue weighted by molar-refractivity contribution is -0.669. The average Bonchev–Trinajstić information content (AvgIpc) is 3.54. The number of allylic oxidation sites excluding steroid dienone is 8. The molecule has 0 radical (unpaired) electrons. The van der Waals surface area contributed by atoms with Crippen LogP contribution >= 0.6 is 23.4 Å². The predicted molar refractivity (Wildman–Crippen MR) is 185 cm³/mol. The van der Waals surface area contributed by atoms with E-state index in [2.05, 4.69) is 78.1 Å². The standard InChI is InChI=1S/C36H41N3O5S2/c1-6-38-29-21-27(42-4)13-15-31(29)44-33(38)12-9-7-8-11-25-19-26(24-36(2,3)23-25)20-34-39(18-10-17-37-35(40)41)30-22-28(46-43-5)14-16-32(30)45-34/h7-9,11-16,19-22,37H,6,10,17-18,23-24H2,1-5H3. The third kappa shape index (κ3) is 8.23. The summed E-state index contributed by atoms with van der Waals surface area (Å²) in [6.45, 7) is 8.53. The van der Waals surface area contributed by atoms with E-state index in [-0.39, 0.29) is 5.41 Å². The molecule has 0 saturated carbocycles. The molecule has 1 N–H and O–H groups in total. The Bertz CT molecular complexity index is 1730. The molecule has 0 spiro atoms. The fraction of sp³-hybridized carbons (Fsp3) is 0.333. The van der Waals surface area contributed by atoms with Crippen LogP contribution < -0.4 is 29.4 Å². The van der Waals surface area contributed by atoms with Gasteiger partial charge in [-0.05, 0) is 66.7 Å². The summed E-state index contributed by atoms with van der Waals surface area (Å²) in [6.07, 6.45) is 16.3. The topological polar surface area (TPSA) is 87.0 Å². The average molecular weight is 660 g/mol. The number of nitrogens with zero attached hydrogens (tertiary/aromatic N) is 2. The second kappa shape index (κ2) is 15.1. The van der Waals surface area contributed by atoms with Crippen molar-refractivity contribution in [2.45, 2.75) is 51.5 Å². The lowest BCUT2D eigenvalue weighted by Gasteiger charge is -2.30. The van der Waals surface area contributed by atoms with E-state index in [1.54, 1.807) is 25.6 Å². The Morgan fingerprint density at radius 2 is 2.02 bits per heavy atom. The highest BCUT2D eigenvalue weighted by atomic mass is 32.2. The normalized spacial score (nSPS) is 17.7. The van der Waals surface area contributed by atoms with Gasteiger partial charge in [0.1, 0.15) is 16.5 Å². The third-order valence-corrected chi connectivity index (χ3v) is 9.50. The number of carboxylic acid groups (broad SMARTS) is 1. The molecular weight excluding hydrogens is 619 g/mol. The Balaban J connectivity index is 1.36. The molecule has 5 rings (SSSR count). The number of carbonyl (C=O) groups is 1. The molecule has 46 heavy (non-hydrogen) atoms. The number of aromatic nitrogens is 1. The van der Waals surface area contributed by atoms with Gasteiger partial charge < -0.3 is 33.8 Å². The van der Waals surface area contributed by atoms with E-state index in [0.717, 1.165) is 57.9 Å². The number of hydrogen-bond acceptors (Lipinski definition) is 8. The van der Waals surface area contributed by atoms with E-state index < -0.39 is 6.09 Å². The number of amides is 1. The minimum absolute atomic E-state index is 0.111. The third-order valence-electron chi connectivity index (χ3n) is 7.78. The minimum atomic E-state index is -1.25. The van der Waals surface area contributed by atoms with Crippen LogP contribution in [0.4, 0.5) is 10.5 Å². The molecule has 0 unspecified atom stereocenters. The summed E-state index contributed by atoms with van der Waals surface area (Å²) in [5, 5.41) is 14.4. The summed E-state index contributed by atoms with van der Waals surface area (Å²) < 4.78 is 20.2. The van der Waals surface area contributed by atoms with Gasteiger partial charge in [0.25, 0.3) is 5.01 Å². The molecule has 3 aromatic rings. The van der Waals surface area contributed by atoms with E-state index in [4.69, 9.17) is 13.7 Å². The molecule has 1 aliphatic heterocycles. The molecule has 1 aromatic heterocycles. The Labute approximate surface area is 279 Å². The van der Waals surface area contributed by atoms with Gasteiger partial charge in [-0.25, -0.2) is 0 Å². The van der Waals surface area contributed by atoms with Gasteiger partial charge >= 0.3 is 0 Å². The highest BCUT2D eigenvalue weighted by Gasteiger charge is 2.27. The number of hydrogen-bond donors (Lipinski definition) is 1. The first-order valence-corrected chi connectivity index (χ1v) is 17.0. The van der Waals surface area contributed by atoms with Crippen molar-refractivity contribution in [3.05, 3.63) is 94.9 Å². The van der Waals surface area contributed by atoms with Crippen molar-refractivity contribution >= 4 is 51.5 Å². The van der Waals surface area contributed by atoms with Crippen LogP contribution in [0.25, 0.3) is 16.3 Å². The van der Waals surface area contributed by atoms with E-state index in [1.807, 2.05) is 36.4 Å². The van der Waals surface area contributed by atoms with Crippen LogP contribution in [-0.4, -0.2) is 33.4 Å². The lowest BCUT2D eigenvalue weighted by Crippen LogP contribution is -2.40. The van der Waals surface area contributed by atoms with Crippen LogP contribution in [0.5, 0.6) is 11.5 Å². The number of ether oxygens (including phenoxy) is 2. The number of fused-ring (bicyclic) bond motifs is 2. The van der Waals surface area contributed by atoms with Crippen molar-refractivity contribution in [2.24, 2.45) is 5.41 Å². The van der Waals surface area contributed by atoms with Gasteiger partial charge in [0.05, 0.1) is 19.9 Å². The number of methoxy groups -OCH3 is 1. The number of carbonyl (C=O) groups excluding carboxylic acids is 1. The van der Waals surface area contributed by atoms with Crippen molar-refractivity contribution in [3.63, 3.8) is 0 Å². The quantitative estimate of drug-likeness (QED) is 0.0955. The first-order valence-electron chi connectivity index (χ1n) is 15.4. The summed E-state index contributed by atoms with van der Waals surface area (Å²) in [5.74, 6) is 2.43. The molecule has 1 aliphatic carbocycles. The Kier molecular flexibility index (Phi) is 10.9. The van der Waals surface area contributed by atoms with Gasteiger partial charge in [-0.3, -0.25) is 0 Å². The van der Waals surface area contributed by atoms with Gasteiger partial charge in [-0.15, -0.1) is 0 Å². The zero-order valence-electron chi connectivity index (χ0n) is 27.0. The highest BCUT2D eigenvalue weighted by molar-refractivity contribution is 7.94. The Morgan fingerprint density at radius 3 is 2.78 bits per heavy atom. The molecule has 242 valence electrons. The van der Waals surface area contributed by atoms with Crippen molar-refractivity contribution < 1.29 is 28.1 Å². The number of benzene rings is 2. The maximum atomic E-state index is 10.9. The number of nitrogens with one attached hydrogen (secondary N) is 1. The second-order valence-electron chi connectivity index (χ2n) is 11.9. The molecule has 0 atom stereocenters. The van der Waals surface area contributed by atoms with E-state index in [1.165, 1.54) is 27.9 Å². The molecule has 2 aromatic carbocycles. The molecule has 0 bridgehead atoms. The maximum absolute atomic E-state index is 10.9. The molecule has 10 heteroatoms. The summed E-state index contributed by atoms with van der Waals surface area (Å²) >= 11 is 3.08. The summed E-state index contributed by atoms with van der Waals surface area (Å²) in [6, 6.07) is 12.2. The molecule has 0 fully saturated rings. The highest BCUT2D eigenvalue weighted by Crippen LogP contribution is 2.41. The maximum Gasteiger partial charge on any atom is 0.263 e. The van der Waals surface area contributed by atoms with Crippen molar-refractivity contribution in [2.75, 3.05) is 32.2 Å². The molecular formula is C36H41N3O5S2. The monoisotopic (exact) mass is 659 g/mol. The van der Waals surface area contributed by atoms with E-state index in [9.17, 15) is 9.90 Å². The zero-order valence-corrected chi connectivity index (χ0v) is 28.6. The van der Waals surface area contributed by atoms with E-state index >= 15 is 0 Å². The predicted octanol–water partition coefficient (Wildman–Crippen LogP) is 7.18. The largest absolute Gasteiger partial charge is 0.530 e. The Morgan fingerprint density at radius 1 is 1.17 bits per heavy atom. The molecule has 2 aliphatic rings. The van der Waals surface area contributed by atoms with Crippen LogP contribution in [-0.2, 0) is 10.7 Å². The second-order valence-corrected chi connectivity index (χ2v) is 14.0. The van der Waals surface area contributed by atoms with Crippen LogP contribution in [0, 0.1) is 5.41 Å².